The van der Waals surface area contributed by atoms with Crippen molar-refractivity contribution in [2.24, 2.45) is 0 Å². The minimum absolute atomic E-state index is 0.282. The smallest absolute Gasteiger partial charge is 0.117 e. The van der Waals surface area contributed by atoms with Crippen molar-refractivity contribution in [2.45, 2.75) is 51.0 Å². The van der Waals surface area contributed by atoms with Crippen LogP contribution in [0.2, 0.25) is 0 Å². The summed E-state index contributed by atoms with van der Waals surface area (Å²) in [6, 6.07) is 5.94. The van der Waals surface area contributed by atoms with E-state index in [0.717, 1.165) is 29.8 Å². The van der Waals surface area contributed by atoms with E-state index in [0.29, 0.717) is 6.04 Å². The highest BCUT2D eigenvalue weighted by Crippen LogP contribution is 2.18. The number of H-pyrrole nitrogens is 1. The van der Waals surface area contributed by atoms with Crippen LogP contribution in [0.3, 0.4) is 0 Å². The second-order valence-corrected chi connectivity index (χ2v) is 5.78. The second-order valence-electron chi connectivity index (χ2n) is 5.78. The van der Waals surface area contributed by atoms with Gasteiger partial charge >= 0.3 is 0 Å². The van der Waals surface area contributed by atoms with Crippen molar-refractivity contribution in [1.29, 1.82) is 0 Å². The summed E-state index contributed by atoms with van der Waals surface area (Å²) in [5.74, 6) is 1.27. The summed E-state index contributed by atoms with van der Waals surface area (Å²) >= 11 is 0. The highest BCUT2D eigenvalue weighted by atomic mass is 16.3. The molecule has 0 radical (unpaired) electrons. The molecule has 0 saturated heterocycles. The summed E-state index contributed by atoms with van der Waals surface area (Å²) in [5.41, 5.74) is 1.83. The molecule has 0 spiro atoms. The standard InChI is InChI=1S/C16H23N3O/c20-13-7-8-14-15(11-13)19-16(18-14)9-10-17-12-5-3-1-2-4-6-12/h7-8,11-12,17,20H,1-6,9-10H2,(H,18,19). The summed E-state index contributed by atoms with van der Waals surface area (Å²) in [4.78, 5) is 7.82. The summed E-state index contributed by atoms with van der Waals surface area (Å²) < 4.78 is 0. The predicted molar refractivity (Wildman–Crippen MR) is 81.0 cm³/mol. The molecule has 1 aromatic carbocycles. The lowest BCUT2D eigenvalue weighted by Gasteiger charge is -2.15. The van der Waals surface area contributed by atoms with Crippen LogP contribution in [0.25, 0.3) is 11.0 Å². The molecule has 2 aromatic rings. The van der Waals surface area contributed by atoms with E-state index in [9.17, 15) is 5.11 Å². The molecule has 1 heterocycles. The van der Waals surface area contributed by atoms with Gasteiger partial charge in [-0.05, 0) is 25.0 Å². The van der Waals surface area contributed by atoms with Crippen LogP contribution in [0.5, 0.6) is 5.75 Å². The molecular weight excluding hydrogens is 250 g/mol. The van der Waals surface area contributed by atoms with Crippen LogP contribution >= 0.6 is 0 Å². The van der Waals surface area contributed by atoms with Gasteiger partial charge < -0.3 is 15.4 Å². The first-order chi connectivity index (χ1) is 9.81. The maximum Gasteiger partial charge on any atom is 0.117 e. The monoisotopic (exact) mass is 273 g/mol. The second kappa shape index (κ2) is 6.27. The molecule has 1 fully saturated rings. The zero-order chi connectivity index (χ0) is 13.8. The van der Waals surface area contributed by atoms with Gasteiger partial charge in [-0.1, -0.05) is 25.7 Å². The summed E-state index contributed by atoms with van der Waals surface area (Å²) in [6.07, 6.45) is 9.05. The van der Waals surface area contributed by atoms with Crippen LogP contribution in [0.1, 0.15) is 44.3 Å². The van der Waals surface area contributed by atoms with Gasteiger partial charge in [-0.15, -0.1) is 0 Å². The number of imidazole rings is 1. The number of aromatic hydroxyl groups is 1. The Morgan fingerprint density at radius 1 is 1.20 bits per heavy atom. The minimum Gasteiger partial charge on any atom is -0.508 e. The van der Waals surface area contributed by atoms with Gasteiger partial charge in [-0.2, -0.15) is 0 Å². The molecule has 4 nitrogen and oxygen atoms in total. The van der Waals surface area contributed by atoms with Crippen LogP contribution in [0.15, 0.2) is 18.2 Å². The minimum atomic E-state index is 0.282. The highest BCUT2D eigenvalue weighted by molar-refractivity contribution is 5.76. The molecule has 3 rings (SSSR count). The van der Waals surface area contributed by atoms with Gasteiger partial charge in [-0.25, -0.2) is 4.98 Å². The largest absolute Gasteiger partial charge is 0.508 e. The van der Waals surface area contributed by atoms with Crippen molar-refractivity contribution in [2.75, 3.05) is 6.54 Å². The quantitative estimate of drug-likeness (QED) is 0.750. The van der Waals surface area contributed by atoms with Crippen LogP contribution in [0, 0.1) is 0 Å². The Labute approximate surface area is 119 Å². The van der Waals surface area contributed by atoms with Crippen LogP contribution < -0.4 is 5.32 Å². The molecule has 1 aliphatic rings. The SMILES string of the molecule is Oc1ccc2nc(CCNC3CCCCCC3)[nH]c2c1. The van der Waals surface area contributed by atoms with Crippen molar-refractivity contribution in [3.05, 3.63) is 24.0 Å². The van der Waals surface area contributed by atoms with Crippen molar-refractivity contribution in [1.82, 2.24) is 15.3 Å². The lowest BCUT2D eigenvalue weighted by Crippen LogP contribution is -2.30. The lowest BCUT2D eigenvalue weighted by atomic mass is 10.1. The Balaban J connectivity index is 1.54. The third-order valence-electron chi connectivity index (χ3n) is 4.16. The van der Waals surface area contributed by atoms with Crippen LogP contribution in [-0.2, 0) is 6.42 Å². The number of phenolic OH excluding ortho intramolecular Hbond substituents is 1. The zero-order valence-electron chi connectivity index (χ0n) is 11.9. The average Bonchev–Trinajstić information content (AvgIpc) is 2.66. The number of fused-ring (bicyclic) bond motifs is 1. The Hall–Kier alpha value is -1.55. The van der Waals surface area contributed by atoms with Gasteiger partial charge in [-0.3, -0.25) is 0 Å². The average molecular weight is 273 g/mol. The molecule has 1 saturated carbocycles. The summed E-state index contributed by atoms with van der Waals surface area (Å²) in [5, 5.41) is 13.1. The first-order valence-electron chi connectivity index (χ1n) is 7.72. The lowest BCUT2D eigenvalue weighted by molar-refractivity contribution is 0.461. The molecule has 20 heavy (non-hydrogen) atoms. The van der Waals surface area contributed by atoms with Gasteiger partial charge in [0.25, 0.3) is 0 Å². The molecule has 0 atom stereocenters. The maximum absolute atomic E-state index is 9.45. The first kappa shape index (κ1) is 13.4. The van der Waals surface area contributed by atoms with Gasteiger partial charge in [0.05, 0.1) is 11.0 Å². The predicted octanol–water partition coefficient (Wildman–Crippen LogP) is 3.12. The Morgan fingerprint density at radius 2 is 2.00 bits per heavy atom. The maximum atomic E-state index is 9.45. The fourth-order valence-corrected chi connectivity index (χ4v) is 3.05. The number of nitrogens with one attached hydrogen (secondary N) is 2. The number of phenols is 1. The van der Waals surface area contributed by atoms with Crippen LogP contribution in [0.4, 0.5) is 0 Å². The van der Waals surface area contributed by atoms with Gasteiger partial charge in [0.15, 0.2) is 0 Å². The van der Waals surface area contributed by atoms with Gasteiger partial charge in [0, 0.05) is 25.1 Å². The van der Waals surface area contributed by atoms with Crippen molar-refractivity contribution in [3.63, 3.8) is 0 Å². The number of aromatic amines is 1. The number of hydrogen-bond donors (Lipinski definition) is 3. The number of aromatic nitrogens is 2. The van der Waals surface area contributed by atoms with E-state index in [1.807, 2.05) is 6.07 Å². The molecule has 0 aliphatic heterocycles. The Morgan fingerprint density at radius 3 is 2.80 bits per heavy atom. The summed E-state index contributed by atoms with van der Waals surface area (Å²) in [6.45, 7) is 0.969. The van der Waals surface area contributed by atoms with Crippen LogP contribution in [-0.4, -0.2) is 27.7 Å². The topological polar surface area (TPSA) is 60.9 Å². The van der Waals surface area contributed by atoms with E-state index in [2.05, 4.69) is 15.3 Å². The normalized spacial score (nSPS) is 17.4. The summed E-state index contributed by atoms with van der Waals surface area (Å²) in [7, 11) is 0. The van der Waals surface area contributed by atoms with E-state index in [1.54, 1.807) is 12.1 Å². The first-order valence-corrected chi connectivity index (χ1v) is 7.72. The number of rotatable bonds is 4. The molecular formula is C16H23N3O. The Kier molecular flexibility index (Phi) is 4.21. The molecule has 0 unspecified atom stereocenters. The van der Waals surface area contributed by atoms with E-state index in [-0.39, 0.29) is 5.75 Å². The van der Waals surface area contributed by atoms with E-state index in [1.165, 1.54) is 38.5 Å². The molecule has 4 heteroatoms. The number of benzene rings is 1. The molecule has 1 aromatic heterocycles. The fourth-order valence-electron chi connectivity index (χ4n) is 3.05. The third-order valence-corrected chi connectivity index (χ3v) is 4.16. The number of hydrogen-bond acceptors (Lipinski definition) is 3. The van der Waals surface area contributed by atoms with Crippen molar-refractivity contribution in [3.8, 4) is 5.75 Å². The van der Waals surface area contributed by atoms with Gasteiger partial charge in [0.1, 0.15) is 11.6 Å². The molecule has 0 amide bonds. The zero-order valence-corrected chi connectivity index (χ0v) is 11.9. The third kappa shape index (κ3) is 3.31. The van der Waals surface area contributed by atoms with E-state index in [4.69, 9.17) is 0 Å². The fraction of sp³-hybridized carbons (Fsp3) is 0.562. The van der Waals surface area contributed by atoms with Gasteiger partial charge in [0.2, 0.25) is 0 Å². The molecule has 3 N–H and O–H groups in total. The van der Waals surface area contributed by atoms with Crippen molar-refractivity contribution < 1.29 is 5.11 Å². The van der Waals surface area contributed by atoms with E-state index < -0.39 is 0 Å². The van der Waals surface area contributed by atoms with E-state index >= 15 is 0 Å². The molecule has 1 aliphatic carbocycles. The highest BCUT2D eigenvalue weighted by Gasteiger charge is 2.11. The number of nitrogens with zero attached hydrogens (tertiary/aromatic N) is 1. The molecule has 108 valence electrons. The molecule has 0 bridgehead atoms. The van der Waals surface area contributed by atoms with Crippen molar-refractivity contribution >= 4 is 11.0 Å². The Bertz CT molecular complexity index is 556.